The molecule has 1 aromatic heterocycles. The first kappa shape index (κ1) is 13.8. The second-order valence-electron chi connectivity index (χ2n) is 4.78. The highest BCUT2D eigenvalue weighted by Crippen LogP contribution is 2.30. The quantitative estimate of drug-likeness (QED) is 0.835. The van der Waals surface area contributed by atoms with Gasteiger partial charge in [0.1, 0.15) is 0 Å². The first-order valence-corrected chi connectivity index (χ1v) is 7.67. The number of amides is 1. The fraction of sp³-hybridized carbons (Fsp3) is 0.250. The summed E-state index contributed by atoms with van der Waals surface area (Å²) in [5.41, 5.74) is 7.92. The molecule has 1 aliphatic carbocycles. The van der Waals surface area contributed by atoms with Crippen LogP contribution in [0.1, 0.15) is 32.9 Å². The number of nitrogens with two attached hydrogens (primary N) is 1. The Balaban J connectivity index is 1.69. The average Bonchev–Trinajstić information content (AvgIpc) is 3.06. The first-order chi connectivity index (χ1) is 10.3. The second-order valence-corrected chi connectivity index (χ2v) is 5.86. The Kier molecular flexibility index (Phi) is 4.00. The minimum absolute atomic E-state index is 0.138. The molecule has 3 N–H and O–H groups in total. The monoisotopic (exact) mass is 297 g/mol. The number of fused-ring (bicyclic) bond motifs is 1. The van der Waals surface area contributed by atoms with Gasteiger partial charge in [-0.1, -0.05) is 11.8 Å². The van der Waals surface area contributed by atoms with E-state index in [0.717, 1.165) is 24.1 Å². The number of nitrogens with zero attached hydrogens (tertiary/aromatic N) is 1. The highest BCUT2D eigenvalue weighted by Gasteiger charge is 2.18. The third-order valence-electron chi connectivity index (χ3n) is 3.30. The molecule has 106 valence electrons. The number of thiazole rings is 1. The molecule has 0 aliphatic heterocycles. The highest BCUT2D eigenvalue weighted by molar-refractivity contribution is 7.15. The minimum atomic E-state index is -0.138. The smallest absolute Gasteiger partial charge is 0.257 e. The van der Waals surface area contributed by atoms with Crippen molar-refractivity contribution in [3.05, 3.63) is 46.0 Å². The summed E-state index contributed by atoms with van der Waals surface area (Å²) >= 11 is 1.58. The van der Waals surface area contributed by atoms with Gasteiger partial charge in [-0.05, 0) is 43.5 Å². The van der Waals surface area contributed by atoms with Crippen LogP contribution in [-0.2, 0) is 12.8 Å². The van der Waals surface area contributed by atoms with E-state index in [9.17, 15) is 4.79 Å². The van der Waals surface area contributed by atoms with E-state index >= 15 is 0 Å². The molecule has 21 heavy (non-hydrogen) atoms. The Hall–Kier alpha value is -2.16. The summed E-state index contributed by atoms with van der Waals surface area (Å²) in [5, 5.41) is 3.55. The van der Waals surface area contributed by atoms with Gasteiger partial charge in [-0.2, -0.15) is 0 Å². The maximum absolute atomic E-state index is 12.2. The van der Waals surface area contributed by atoms with Crippen LogP contribution in [0.5, 0.6) is 0 Å². The molecular weight excluding hydrogens is 282 g/mol. The number of benzene rings is 1. The van der Waals surface area contributed by atoms with Crippen molar-refractivity contribution in [1.82, 2.24) is 4.98 Å². The molecule has 0 unspecified atom stereocenters. The van der Waals surface area contributed by atoms with Crippen LogP contribution in [0.2, 0.25) is 0 Å². The van der Waals surface area contributed by atoms with E-state index in [4.69, 9.17) is 5.73 Å². The Bertz CT molecular complexity index is 701. The van der Waals surface area contributed by atoms with Crippen molar-refractivity contribution in [1.29, 1.82) is 0 Å². The number of anilines is 1. The van der Waals surface area contributed by atoms with E-state index in [2.05, 4.69) is 22.1 Å². The van der Waals surface area contributed by atoms with Gasteiger partial charge in [0.15, 0.2) is 5.13 Å². The third kappa shape index (κ3) is 3.13. The summed E-state index contributed by atoms with van der Waals surface area (Å²) in [6, 6.07) is 7.16. The third-order valence-corrected chi connectivity index (χ3v) is 4.37. The predicted octanol–water partition coefficient (Wildman–Crippen LogP) is 2.19. The van der Waals surface area contributed by atoms with Crippen molar-refractivity contribution < 1.29 is 4.79 Å². The van der Waals surface area contributed by atoms with Gasteiger partial charge in [0.25, 0.3) is 5.91 Å². The number of rotatable bonds is 2. The standard InChI is InChI=1S/C16H15N3OS/c17-10-2-3-11-6-8-12(9-7-11)15(20)19-16-18-13-4-1-5-14(13)21-16/h6-9H,1,4-5,10,17H2,(H,18,19,20). The zero-order valence-corrected chi connectivity index (χ0v) is 12.3. The highest BCUT2D eigenvalue weighted by atomic mass is 32.1. The molecule has 0 radical (unpaired) electrons. The molecule has 0 saturated carbocycles. The first-order valence-electron chi connectivity index (χ1n) is 6.85. The Morgan fingerprint density at radius 2 is 2.14 bits per heavy atom. The molecular formula is C16H15N3OS. The van der Waals surface area contributed by atoms with Gasteiger partial charge in [-0.3, -0.25) is 10.1 Å². The molecule has 1 aliphatic rings. The zero-order chi connectivity index (χ0) is 14.7. The van der Waals surface area contributed by atoms with Gasteiger partial charge in [-0.15, -0.1) is 11.3 Å². The van der Waals surface area contributed by atoms with Crippen LogP contribution in [0, 0.1) is 11.8 Å². The van der Waals surface area contributed by atoms with Crippen LogP contribution in [0.4, 0.5) is 5.13 Å². The molecule has 4 nitrogen and oxygen atoms in total. The number of carbonyl (C=O) groups excluding carboxylic acids is 1. The number of nitrogens with one attached hydrogen (secondary N) is 1. The zero-order valence-electron chi connectivity index (χ0n) is 11.5. The van der Waals surface area contributed by atoms with Gasteiger partial charge >= 0.3 is 0 Å². The second kappa shape index (κ2) is 6.08. The van der Waals surface area contributed by atoms with Gasteiger partial charge in [-0.25, -0.2) is 4.98 Å². The lowest BCUT2D eigenvalue weighted by Gasteiger charge is -2.02. The molecule has 3 rings (SSSR count). The predicted molar refractivity (Wildman–Crippen MR) is 84.5 cm³/mol. The fourth-order valence-electron chi connectivity index (χ4n) is 2.27. The lowest BCUT2D eigenvalue weighted by atomic mass is 10.1. The molecule has 0 bridgehead atoms. The number of carbonyl (C=O) groups is 1. The van der Waals surface area contributed by atoms with Crippen LogP contribution in [0.25, 0.3) is 0 Å². The maximum Gasteiger partial charge on any atom is 0.257 e. The van der Waals surface area contributed by atoms with Crippen molar-refractivity contribution in [2.75, 3.05) is 11.9 Å². The summed E-state index contributed by atoms with van der Waals surface area (Å²) in [6.07, 6.45) is 3.28. The lowest BCUT2D eigenvalue weighted by Crippen LogP contribution is -2.11. The van der Waals surface area contributed by atoms with E-state index in [-0.39, 0.29) is 5.91 Å². The maximum atomic E-state index is 12.2. The summed E-state index contributed by atoms with van der Waals surface area (Å²) in [7, 11) is 0. The molecule has 2 aromatic rings. The summed E-state index contributed by atoms with van der Waals surface area (Å²) in [5.74, 6) is 5.57. The SMILES string of the molecule is NCC#Cc1ccc(C(=O)Nc2nc3c(s2)CCC3)cc1. The van der Waals surface area contributed by atoms with Crippen molar-refractivity contribution in [2.45, 2.75) is 19.3 Å². The summed E-state index contributed by atoms with van der Waals surface area (Å²) < 4.78 is 0. The van der Waals surface area contributed by atoms with Crippen LogP contribution in [-0.4, -0.2) is 17.4 Å². The van der Waals surface area contributed by atoms with Crippen LogP contribution < -0.4 is 11.1 Å². The number of hydrogen-bond donors (Lipinski definition) is 2. The Morgan fingerprint density at radius 1 is 1.33 bits per heavy atom. The Morgan fingerprint density at radius 3 is 2.86 bits per heavy atom. The lowest BCUT2D eigenvalue weighted by molar-refractivity contribution is 0.102. The minimum Gasteiger partial charge on any atom is -0.320 e. The van der Waals surface area contributed by atoms with Crippen molar-refractivity contribution in [3.8, 4) is 11.8 Å². The molecule has 0 atom stereocenters. The van der Waals surface area contributed by atoms with Gasteiger partial charge < -0.3 is 5.73 Å². The molecule has 1 heterocycles. The normalized spacial score (nSPS) is 12.4. The molecule has 0 spiro atoms. The summed E-state index contributed by atoms with van der Waals surface area (Å²) in [6.45, 7) is 0.330. The van der Waals surface area contributed by atoms with Crippen LogP contribution in [0.15, 0.2) is 24.3 Å². The van der Waals surface area contributed by atoms with E-state index < -0.39 is 0 Å². The van der Waals surface area contributed by atoms with Crippen molar-refractivity contribution in [2.24, 2.45) is 5.73 Å². The molecule has 0 saturated heterocycles. The van der Waals surface area contributed by atoms with Gasteiger partial charge in [0, 0.05) is 16.0 Å². The molecule has 0 fully saturated rings. The average molecular weight is 297 g/mol. The molecule has 5 heteroatoms. The fourth-order valence-corrected chi connectivity index (χ4v) is 3.32. The Labute approximate surface area is 127 Å². The van der Waals surface area contributed by atoms with Crippen molar-refractivity contribution >= 4 is 22.4 Å². The van der Waals surface area contributed by atoms with Crippen molar-refractivity contribution in [3.63, 3.8) is 0 Å². The number of aryl methyl sites for hydroxylation is 2. The van der Waals surface area contributed by atoms with E-state index in [0.29, 0.717) is 17.2 Å². The molecule has 1 amide bonds. The molecule has 1 aromatic carbocycles. The van der Waals surface area contributed by atoms with E-state index in [1.807, 2.05) is 12.1 Å². The van der Waals surface area contributed by atoms with Crippen LogP contribution in [0.3, 0.4) is 0 Å². The number of hydrogen-bond acceptors (Lipinski definition) is 4. The van der Waals surface area contributed by atoms with Gasteiger partial charge in [0.05, 0.1) is 12.2 Å². The van der Waals surface area contributed by atoms with Crippen LogP contribution >= 0.6 is 11.3 Å². The largest absolute Gasteiger partial charge is 0.320 e. The summed E-state index contributed by atoms with van der Waals surface area (Å²) in [4.78, 5) is 17.9. The number of aromatic nitrogens is 1. The topological polar surface area (TPSA) is 68.0 Å². The van der Waals surface area contributed by atoms with Gasteiger partial charge in [0.2, 0.25) is 0 Å². The van der Waals surface area contributed by atoms with E-state index in [1.54, 1.807) is 23.5 Å². The van der Waals surface area contributed by atoms with E-state index in [1.165, 1.54) is 11.3 Å².